The third-order valence-corrected chi connectivity index (χ3v) is 5.69. The van der Waals surface area contributed by atoms with Crippen LogP contribution in [0, 0.1) is 0 Å². The Morgan fingerprint density at radius 1 is 1.03 bits per heavy atom. The number of aliphatic hydroxyl groups is 1. The van der Waals surface area contributed by atoms with Crippen molar-refractivity contribution in [3.05, 3.63) is 63.1 Å². The molecule has 2 atom stereocenters. The number of amides is 1. The molecular weight excluding hydrogens is 533 g/mol. The van der Waals surface area contributed by atoms with E-state index in [2.05, 4.69) is 10.6 Å². The molecule has 0 heterocycles. The molecule has 0 unspecified atom stereocenters. The molecule has 0 aromatic heterocycles. The van der Waals surface area contributed by atoms with Gasteiger partial charge < -0.3 is 15.7 Å². The van der Waals surface area contributed by atoms with Crippen molar-refractivity contribution in [1.82, 2.24) is 5.32 Å². The van der Waals surface area contributed by atoms with Gasteiger partial charge in [0.05, 0.1) is 12.1 Å². The molecule has 2 aromatic rings. The summed E-state index contributed by atoms with van der Waals surface area (Å²) in [5.41, 5.74) is -6.16. The van der Waals surface area contributed by atoms with Crippen LogP contribution in [0.2, 0.25) is 10.0 Å². The van der Waals surface area contributed by atoms with Crippen LogP contribution in [0.25, 0.3) is 0 Å². The fourth-order valence-corrected chi connectivity index (χ4v) is 3.92. The summed E-state index contributed by atoms with van der Waals surface area (Å²) in [5, 5.41) is 14.5. The molecule has 0 saturated heterocycles. The van der Waals surface area contributed by atoms with Gasteiger partial charge in [-0.25, -0.2) is 0 Å². The van der Waals surface area contributed by atoms with Gasteiger partial charge in [-0.1, -0.05) is 29.3 Å². The summed E-state index contributed by atoms with van der Waals surface area (Å²) >= 11 is 11.5. The van der Waals surface area contributed by atoms with Gasteiger partial charge in [-0.05, 0) is 41.5 Å². The maximum absolute atomic E-state index is 13.7. The summed E-state index contributed by atoms with van der Waals surface area (Å²) in [6.07, 6.45) is -8.88. The number of hydrogen-bond acceptors (Lipinski definition) is 4. The van der Waals surface area contributed by atoms with Crippen LogP contribution >= 0.6 is 23.2 Å². The number of hydrogen-bond donors (Lipinski definition) is 3. The highest BCUT2D eigenvalue weighted by atomic mass is 35.5. The average molecular weight is 551 g/mol. The molecule has 2 rings (SSSR count). The van der Waals surface area contributed by atoms with Gasteiger partial charge in [-0.3, -0.25) is 9.00 Å². The summed E-state index contributed by atoms with van der Waals surface area (Å²) in [6.45, 7) is -1.79. The highest BCUT2D eigenvalue weighted by Gasteiger charge is 2.55. The van der Waals surface area contributed by atoms with Gasteiger partial charge in [0, 0.05) is 39.3 Å². The number of halogens is 8. The standard InChI is InChI=1S/C20H18Cl2F6N2O3S/c1-34(33)9-17(31)29-8-11-2-3-15(7-16(11)19(23,24)25)30-10-18(32,20(26,27)28)12-4-13(21)6-14(22)5-12/h2-7,30,32H,8-10H2,1H3,(H,29,31)/t18-,34+/m1/s1. The lowest BCUT2D eigenvalue weighted by atomic mass is 9.92. The number of carbonyl (C=O) groups is 1. The monoisotopic (exact) mass is 550 g/mol. The molecule has 0 fully saturated rings. The minimum Gasteiger partial charge on any atom is -0.381 e. The van der Waals surface area contributed by atoms with Crippen LogP contribution in [0.4, 0.5) is 32.0 Å². The van der Waals surface area contributed by atoms with E-state index in [4.69, 9.17) is 23.2 Å². The van der Waals surface area contributed by atoms with Crippen LogP contribution in [0.15, 0.2) is 36.4 Å². The predicted octanol–water partition coefficient (Wildman–Crippen LogP) is 4.87. The predicted molar refractivity (Wildman–Crippen MR) is 117 cm³/mol. The van der Waals surface area contributed by atoms with Crippen molar-refractivity contribution in [1.29, 1.82) is 0 Å². The molecule has 34 heavy (non-hydrogen) atoms. The summed E-state index contributed by atoms with van der Waals surface area (Å²) in [7, 11) is -1.49. The molecule has 5 nitrogen and oxygen atoms in total. The van der Waals surface area contributed by atoms with E-state index in [0.717, 1.165) is 30.3 Å². The van der Waals surface area contributed by atoms with E-state index in [1.807, 2.05) is 0 Å². The van der Waals surface area contributed by atoms with Gasteiger partial charge in [-0.2, -0.15) is 26.3 Å². The molecule has 188 valence electrons. The number of carbonyl (C=O) groups excluding carboxylic acids is 1. The second kappa shape index (κ2) is 10.7. The van der Waals surface area contributed by atoms with Crippen molar-refractivity contribution in [2.45, 2.75) is 24.5 Å². The van der Waals surface area contributed by atoms with Gasteiger partial charge in [-0.15, -0.1) is 0 Å². The Morgan fingerprint density at radius 3 is 2.12 bits per heavy atom. The molecule has 3 N–H and O–H groups in total. The minimum atomic E-state index is -5.23. The van der Waals surface area contributed by atoms with Crippen molar-refractivity contribution in [3.8, 4) is 0 Å². The van der Waals surface area contributed by atoms with Crippen LogP contribution in [0.1, 0.15) is 16.7 Å². The molecule has 0 aliphatic carbocycles. The van der Waals surface area contributed by atoms with Gasteiger partial charge >= 0.3 is 12.4 Å². The fraction of sp³-hybridized carbons (Fsp3) is 0.350. The zero-order valence-electron chi connectivity index (χ0n) is 17.3. The molecule has 0 saturated carbocycles. The second-order valence-corrected chi connectivity index (χ2v) is 9.54. The molecule has 0 spiro atoms. The van der Waals surface area contributed by atoms with Crippen LogP contribution in [-0.4, -0.2) is 40.0 Å². The van der Waals surface area contributed by atoms with E-state index in [1.54, 1.807) is 0 Å². The topological polar surface area (TPSA) is 78.4 Å². The first-order valence-electron chi connectivity index (χ1n) is 9.29. The van der Waals surface area contributed by atoms with Crippen molar-refractivity contribution >= 4 is 45.6 Å². The Morgan fingerprint density at radius 2 is 1.62 bits per heavy atom. The molecule has 1 amide bonds. The molecule has 2 aromatic carbocycles. The molecular formula is C20H18Cl2F6N2O3S. The maximum atomic E-state index is 13.7. The van der Waals surface area contributed by atoms with Gasteiger partial charge in [0.15, 0.2) is 0 Å². The molecule has 0 radical (unpaired) electrons. The Hall–Kier alpha value is -2.02. The quantitative estimate of drug-likeness (QED) is 0.410. The lowest BCUT2D eigenvalue weighted by molar-refractivity contribution is -0.260. The third-order valence-electron chi connectivity index (χ3n) is 4.58. The van der Waals surface area contributed by atoms with Crippen molar-refractivity contribution < 1.29 is 40.5 Å². The summed E-state index contributed by atoms with van der Waals surface area (Å²) in [5.74, 6) is -1.13. The Balaban J connectivity index is 2.32. The number of anilines is 1. The lowest BCUT2D eigenvalue weighted by Gasteiger charge is -2.32. The van der Waals surface area contributed by atoms with Gasteiger partial charge in [0.2, 0.25) is 11.5 Å². The van der Waals surface area contributed by atoms with E-state index in [1.165, 1.54) is 6.26 Å². The van der Waals surface area contributed by atoms with Crippen LogP contribution in [0.3, 0.4) is 0 Å². The van der Waals surface area contributed by atoms with E-state index in [-0.39, 0.29) is 21.3 Å². The highest BCUT2D eigenvalue weighted by molar-refractivity contribution is 7.85. The van der Waals surface area contributed by atoms with Crippen molar-refractivity contribution in [2.24, 2.45) is 0 Å². The SMILES string of the molecule is C[S@](=O)CC(=O)NCc1ccc(NC[C@@](O)(c2cc(Cl)cc(Cl)c2)C(F)(F)F)cc1C(F)(F)F. The summed E-state index contributed by atoms with van der Waals surface area (Å²) in [4.78, 5) is 11.6. The molecule has 0 aliphatic heterocycles. The zero-order valence-corrected chi connectivity index (χ0v) is 19.6. The van der Waals surface area contributed by atoms with E-state index in [0.29, 0.717) is 6.07 Å². The highest BCUT2D eigenvalue weighted by Crippen LogP contribution is 2.41. The lowest BCUT2D eigenvalue weighted by Crippen LogP contribution is -2.47. The normalized spacial score (nSPS) is 14.9. The van der Waals surface area contributed by atoms with Gasteiger partial charge in [0.25, 0.3) is 0 Å². The van der Waals surface area contributed by atoms with Crippen LogP contribution in [-0.2, 0) is 33.9 Å². The van der Waals surface area contributed by atoms with E-state index in [9.17, 15) is 40.5 Å². The third kappa shape index (κ3) is 7.24. The molecule has 0 bridgehead atoms. The Bertz CT molecular complexity index is 1060. The first-order valence-corrected chi connectivity index (χ1v) is 11.8. The first-order chi connectivity index (χ1) is 15.5. The Labute approximate surface area is 202 Å². The van der Waals surface area contributed by atoms with Crippen molar-refractivity contribution in [2.75, 3.05) is 23.9 Å². The smallest absolute Gasteiger partial charge is 0.381 e. The van der Waals surface area contributed by atoms with E-state index >= 15 is 0 Å². The molecule has 0 aliphatic rings. The first kappa shape index (κ1) is 28.2. The summed E-state index contributed by atoms with van der Waals surface area (Å²) < 4.78 is 92.9. The van der Waals surface area contributed by atoms with Crippen LogP contribution < -0.4 is 10.6 Å². The van der Waals surface area contributed by atoms with Crippen LogP contribution in [0.5, 0.6) is 0 Å². The largest absolute Gasteiger partial charge is 0.423 e. The number of benzene rings is 2. The maximum Gasteiger partial charge on any atom is 0.423 e. The summed E-state index contributed by atoms with van der Waals surface area (Å²) in [6, 6.07) is 5.44. The van der Waals surface area contributed by atoms with Gasteiger partial charge in [0.1, 0.15) is 5.75 Å². The van der Waals surface area contributed by atoms with E-state index < -0.39 is 64.6 Å². The average Bonchev–Trinajstić information content (AvgIpc) is 2.68. The Kier molecular flexibility index (Phi) is 8.89. The fourth-order valence-electron chi connectivity index (χ4n) is 2.92. The second-order valence-electron chi connectivity index (χ2n) is 7.23. The minimum absolute atomic E-state index is 0.178. The number of nitrogens with one attached hydrogen (secondary N) is 2. The number of alkyl halides is 6. The molecule has 14 heteroatoms. The zero-order chi connectivity index (χ0) is 25.9. The van der Waals surface area contributed by atoms with Crippen molar-refractivity contribution in [3.63, 3.8) is 0 Å². The number of rotatable bonds is 8.